The Morgan fingerprint density at radius 2 is 1.78 bits per heavy atom. The van der Waals surface area contributed by atoms with Crippen molar-refractivity contribution in [2.75, 3.05) is 18.1 Å². The lowest BCUT2D eigenvalue weighted by atomic mass is 10.0. The van der Waals surface area contributed by atoms with Gasteiger partial charge in [-0.2, -0.15) is 8.78 Å². The molecule has 2 aliphatic rings. The Morgan fingerprint density at radius 1 is 1.05 bits per heavy atom. The van der Waals surface area contributed by atoms with E-state index in [2.05, 4.69) is 9.72 Å². The van der Waals surface area contributed by atoms with E-state index in [1.165, 1.54) is 36.7 Å². The second kappa shape index (κ2) is 12.0. The molecule has 1 aliphatic heterocycles. The van der Waals surface area contributed by atoms with Gasteiger partial charge in [0.05, 0.1) is 27.9 Å². The molecule has 1 aromatic heterocycles. The molecule has 1 fully saturated rings. The van der Waals surface area contributed by atoms with Crippen molar-refractivity contribution >= 4 is 46.5 Å². The van der Waals surface area contributed by atoms with Gasteiger partial charge in [-0.25, -0.2) is 4.39 Å². The summed E-state index contributed by atoms with van der Waals surface area (Å²) >= 11 is 12.6. The van der Waals surface area contributed by atoms with Crippen molar-refractivity contribution < 1.29 is 41.8 Å². The second-order valence-electron chi connectivity index (χ2n) is 9.49. The number of halogens is 5. The molecule has 2 aromatic carbocycles. The van der Waals surface area contributed by atoms with Crippen LogP contribution in [0.2, 0.25) is 10.0 Å². The predicted octanol–water partition coefficient (Wildman–Crippen LogP) is 5.97. The molecule has 0 unspecified atom stereocenters. The molecule has 0 radical (unpaired) electrons. The number of Topliss-reactive ketones (excluding diaryl/α,β-unsaturated/α-hetero) is 1. The monoisotopic (exact) mass is 608 g/mol. The smallest absolute Gasteiger partial charge is 0.387 e. The van der Waals surface area contributed by atoms with Crippen LogP contribution < -0.4 is 14.4 Å². The number of carbonyl (C=O) groups excluding carboxylic acids is 3. The maximum atomic E-state index is 13.7. The highest BCUT2D eigenvalue weighted by molar-refractivity contribution is 6.52. The number of hydrogen-bond acceptors (Lipinski definition) is 7. The van der Waals surface area contributed by atoms with Crippen LogP contribution in [-0.2, 0) is 20.7 Å². The average Bonchev–Trinajstić information content (AvgIpc) is 3.73. The van der Waals surface area contributed by atoms with E-state index in [0.29, 0.717) is 23.7 Å². The Balaban J connectivity index is 1.44. The fourth-order valence-electron chi connectivity index (χ4n) is 4.32. The Bertz CT molecular complexity index is 1500. The summed E-state index contributed by atoms with van der Waals surface area (Å²) in [5.41, 5.74) is 0.630. The number of fused-ring (bicyclic) bond motifs is 1. The van der Waals surface area contributed by atoms with Crippen LogP contribution in [0, 0.1) is 11.7 Å². The number of hydrogen-bond donors (Lipinski definition) is 0. The van der Waals surface area contributed by atoms with E-state index >= 15 is 0 Å². The molecule has 2 heterocycles. The van der Waals surface area contributed by atoms with Gasteiger partial charge in [-0.15, -0.1) is 0 Å². The molecule has 3 aromatic rings. The molecule has 1 aliphatic carbocycles. The zero-order valence-electron chi connectivity index (χ0n) is 21.1. The van der Waals surface area contributed by atoms with Crippen LogP contribution in [0.3, 0.4) is 0 Å². The number of aromatic nitrogens is 1. The summed E-state index contributed by atoms with van der Waals surface area (Å²) in [6, 6.07) is 7.32. The minimum atomic E-state index is -3.09. The molecule has 0 bridgehead atoms. The molecule has 1 saturated carbocycles. The van der Waals surface area contributed by atoms with Crippen molar-refractivity contribution in [3.63, 3.8) is 0 Å². The van der Waals surface area contributed by atoms with Crippen molar-refractivity contribution in [2.24, 2.45) is 5.92 Å². The normalized spacial score (nSPS) is 15.2. The number of ether oxygens (including phenoxy) is 3. The van der Waals surface area contributed by atoms with E-state index < -0.39 is 42.7 Å². The van der Waals surface area contributed by atoms with Crippen molar-refractivity contribution in [2.45, 2.75) is 32.0 Å². The van der Waals surface area contributed by atoms with E-state index in [1.807, 2.05) is 0 Å². The quantitative estimate of drug-likeness (QED) is 0.195. The highest BCUT2D eigenvalue weighted by atomic mass is 35.5. The molecule has 1 atom stereocenters. The maximum Gasteiger partial charge on any atom is 0.387 e. The first-order valence-electron chi connectivity index (χ1n) is 12.5. The molecule has 8 nitrogen and oxygen atoms in total. The number of nitrogens with zero attached hydrogens (tertiary/aromatic N) is 2. The van der Waals surface area contributed by atoms with Crippen molar-refractivity contribution in [1.29, 1.82) is 0 Å². The zero-order chi connectivity index (χ0) is 29.3. The van der Waals surface area contributed by atoms with Crippen molar-refractivity contribution in [1.82, 2.24) is 4.98 Å². The number of amides is 1. The van der Waals surface area contributed by atoms with Crippen LogP contribution in [0.4, 0.5) is 18.9 Å². The van der Waals surface area contributed by atoms with Gasteiger partial charge in [0, 0.05) is 18.8 Å². The fourth-order valence-corrected chi connectivity index (χ4v) is 4.84. The molecule has 0 N–H and O–H groups in total. The van der Waals surface area contributed by atoms with Crippen molar-refractivity contribution in [3.05, 3.63) is 81.3 Å². The Hall–Kier alpha value is -3.83. The third-order valence-corrected chi connectivity index (χ3v) is 7.21. The summed E-state index contributed by atoms with van der Waals surface area (Å²) < 4.78 is 55.8. The first-order valence-corrected chi connectivity index (χ1v) is 13.2. The summed E-state index contributed by atoms with van der Waals surface area (Å²) in [5.74, 6) is -3.45. The van der Waals surface area contributed by atoms with Gasteiger partial charge in [0.25, 0.3) is 11.7 Å². The Labute approximate surface area is 241 Å². The molecule has 41 heavy (non-hydrogen) atoms. The summed E-state index contributed by atoms with van der Waals surface area (Å²) in [4.78, 5) is 42.9. The summed E-state index contributed by atoms with van der Waals surface area (Å²) in [7, 11) is 0. The zero-order valence-corrected chi connectivity index (χ0v) is 22.6. The molecular weight excluding hydrogens is 588 g/mol. The predicted molar refractivity (Wildman–Crippen MR) is 141 cm³/mol. The van der Waals surface area contributed by atoms with E-state index in [0.717, 1.165) is 29.9 Å². The number of anilines is 1. The first-order chi connectivity index (χ1) is 19.6. The van der Waals surface area contributed by atoms with Gasteiger partial charge in [-0.3, -0.25) is 24.3 Å². The number of carbonyl (C=O) groups is 3. The lowest BCUT2D eigenvalue weighted by molar-refractivity contribution is -0.148. The van der Waals surface area contributed by atoms with Gasteiger partial charge < -0.3 is 14.2 Å². The van der Waals surface area contributed by atoms with Gasteiger partial charge >= 0.3 is 12.6 Å². The van der Waals surface area contributed by atoms with E-state index in [9.17, 15) is 27.6 Å². The first kappa shape index (κ1) is 28.7. The van der Waals surface area contributed by atoms with Gasteiger partial charge in [-0.05, 0) is 60.2 Å². The number of benzene rings is 2. The number of pyridine rings is 1. The highest BCUT2D eigenvalue weighted by Gasteiger charge is 2.38. The van der Waals surface area contributed by atoms with Crippen LogP contribution in [0.25, 0.3) is 0 Å². The number of alkyl halides is 2. The molecule has 0 saturated heterocycles. The molecule has 1 amide bonds. The Morgan fingerprint density at radius 3 is 2.46 bits per heavy atom. The van der Waals surface area contributed by atoms with Gasteiger partial charge in [0.2, 0.25) is 0 Å². The maximum absolute atomic E-state index is 13.7. The summed E-state index contributed by atoms with van der Waals surface area (Å²) in [6.45, 7) is -3.46. The standard InChI is InChI=1S/C28H21Cl2F3N2O6/c29-19-10-34-11-20(30)17(19)9-23(15-3-6-22(41-28(32)33)24(7-15)39-13-14-1-2-14)40-25(36)12-35-21-5-4-16(31)8-18(21)26(37)27(35)38/h3-8,10-11,14,23,28H,1-2,9,12-13H2/t23-/m0/s1. The fraction of sp³-hybridized carbons (Fsp3) is 0.286. The largest absolute Gasteiger partial charge is 0.489 e. The summed E-state index contributed by atoms with van der Waals surface area (Å²) in [6.07, 6.45) is 3.48. The third-order valence-electron chi connectivity index (χ3n) is 6.56. The van der Waals surface area contributed by atoms with E-state index in [1.54, 1.807) is 0 Å². The second-order valence-corrected chi connectivity index (χ2v) is 10.3. The number of esters is 1. The topological polar surface area (TPSA) is 95.0 Å². The highest BCUT2D eigenvalue weighted by Crippen LogP contribution is 2.38. The van der Waals surface area contributed by atoms with Gasteiger partial charge in [-0.1, -0.05) is 29.3 Å². The van der Waals surface area contributed by atoms with E-state index in [-0.39, 0.29) is 39.2 Å². The lowest BCUT2D eigenvalue weighted by Crippen LogP contribution is -2.36. The summed E-state index contributed by atoms with van der Waals surface area (Å²) in [5, 5.41) is 0.385. The van der Waals surface area contributed by atoms with Gasteiger partial charge in [0.1, 0.15) is 18.5 Å². The number of rotatable bonds is 11. The minimum absolute atomic E-state index is 0.0268. The number of ketones is 1. The minimum Gasteiger partial charge on any atom is -0.489 e. The lowest BCUT2D eigenvalue weighted by Gasteiger charge is -2.23. The molecule has 0 spiro atoms. The van der Waals surface area contributed by atoms with E-state index in [4.69, 9.17) is 32.7 Å². The van der Waals surface area contributed by atoms with Crippen molar-refractivity contribution in [3.8, 4) is 11.5 Å². The van der Waals surface area contributed by atoms with Crippen LogP contribution in [0.5, 0.6) is 11.5 Å². The Kier molecular flexibility index (Phi) is 8.37. The molecule has 13 heteroatoms. The third kappa shape index (κ3) is 6.57. The van der Waals surface area contributed by atoms with Crippen LogP contribution in [0.15, 0.2) is 48.8 Å². The molecule has 5 rings (SSSR count). The molecular formula is C28H21Cl2F3N2O6. The SMILES string of the molecule is O=C(CN1C(=O)C(=O)c2cc(F)ccc21)O[C@@H](Cc1c(Cl)cncc1Cl)c1ccc(OC(F)F)c(OCC2CC2)c1. The average molecular weight is 609 g/mol. The van der Waals surface area contributed by atoms with Gasteiger partial charge in [0.15, 0.2) is 11.5 Å². The van der Waals surface area contributed by atoms with Crippen LogP contribution >= 0.6 is 23.2 Å². The van der Waals surface area contributed by atoms with Crippen LogP contribution in [-0.4, -0.2) is 42.4 Å². The van der Waals surface area contributed by atoms with Crippen LogP contribution in [0.1, 0.15) is 40.4 Å². The molecule has 214 valence electrons.